The molecule has 0 spiro atoms. The van der Waals surface area contributed by atoms with Crippen LogP contribution in [0, 0.1) is 22.5 Å². The van der Waals surface area contributed by atoms with Crippen molar-refractivity contribution in [2.75, 3.05) is 12.4 Å². The van der Waals surface area contributed by atoms with Crippen LogP contribution in [0.2, 0.25) is 0 Å². The Morgan fingerprint density at radius 1 is 1.45 bits per heavy atom. The van der Waals surface area contributed by atoms with E-state index in [1.807, 2.05) is 13.8 Å². The fraction of sp³-hybridized carbons (Fsp3) is 0.500. The van der Waals surface area contributed by atoms with Crippen molar-refractivity contribution in [3.05, 3.63) is 39.4 Å². The maximum absolute atomic E-state index is 12.1. The first-order valence-electron chi connectivity index (χ1n) is 6.36. The number of nitrogens with zero attached hydrogens (tertiary/aromatic N) is 1. The number of nitro benzene ring substituents is 1. The van der Waals surface area contributed by atoms with Gasteiger partial charge in [-0.1, -0.05) is 19.9 Å². The smallest absolute Gasteiger partial charge is 0.282 e. The summed E-state index contributed by atoms with van der Waals surface area (Å²) >= 11 is 5.70. The molecular formula is C14H19ClN2O3. The highest BCUT2D eigenvalue weighted by Gasteiger charge is 2.23. The molecule has 0 radical (unpaired) electrons. The molecule has 20 heavy (non-hydrogen) atoms. The van der Waals surface area contributed by atoms with E-state index in [1.165, 1.54) is 12.1 Å². The molecule has 1 rings (SSSR count). The lowest BCUT2D eigenvalue weighted by Gasteiger charge is -2.23. The molecule has 0 fully saturated rings. The van der Waals surface area contributed by atoms with Gasteiger partial charge in [0.25, 0.3) is 11.6 Å². The molecule has 0 atom stereocenters. The van der Waals surface area contributed by atoms with Crippen LogP contribution in [0.4, 0.5) is 5.69 Å². The average Bonchev–Trinajstić information content (AvgIpc) is 2.35. The van der Waals surface area contributed by atoms with Crippen LogP contribution in [0.15, 0.2) is 18.2 Å². The number of halogens is 1. The zero-order valence-corrected chi connectivity index (χ0v) is 12.7. The summed E-state index contributed by atoms with van der Waals surface area (Å²) in [6.07, 6.45) is 0.755. The topological polar surface area (TPSA) is 72.2 Å². The van der Waals surface area contributed by atoms with E-state index in [4.69, 9.17) is 11.6 Å². The van der Waals surface area contributed by atoms with Gasteiger partial charge in [0.05, 0.1) is 4.92 Å². The first kappa shape index (κ1) is 16.4. The normalized spacial score (nSPS) is 11.2. The molecule has 0 saturated carbocycles. The number of carbonyl (C=O) groups excluding carboxylic acids is 1. The Morgan fingerprint density at radius 2 is 2.10 bits per heavy atom. The van der Waals surface area contributed by atoms with Gasteiger partial charge in [0, 0.05) is 18.5 Å². The van der Waals surface area contributed by atoms with Crippen LogP contribution in [0.1, 0.15) is 36.2 Å². The third kappa shape index (κ3) is 4.49. The van der Waals surface area contributed by atoms with E-state index < -0.39 is 10.8 Å². The second kappa shape index (κ2) is 6.70. The molecule has 1 amide bonds. The molecule has 6 heteroatoms. The lowest BCUT2D eigenvalue weighted by molar-refractivity contribution is -0.385. The molecule has 0 bridgehead atoms. The summed E-state index contributed by atoms with van der Waals surface area (Å²) in [4.78, 5) is 22.5. The lowest BCUT2D eigenvalue weighted by atomic mass is 9.90. The summed E-state index contributed by atoms with van der Waals surface area (Å²) in [5, 5.41) is 13.7. The van der Waals surface area contributed by atoms with Crippen molar-refractivity contribution in [2.45, 2.75) is 27.2 Å². The molecule has 0 unspecified atom stereocenters. The van der Waals surface area contributed by atoms with Crippen molar-refractivity contribution in [1.29, 1.82) is 0 Å². The van der Waals surface area contributed by atoms with Gasteiger partial charge in [0.2, 0.25) is 0 Å². The van der Waals surface area contributed by atoms with Crippen LogP contribution >= 0.6 is 11.6 Å². The molecule has 0 aliphatic heterocycles. The summed E-state index contributed by atoms with van der Waals surface area (Å²) in [6, 6.07) is 4.50. The van der Waals surface area contributed by atoms with Crippen LogP contribution in [0.25, 0.3) is 0 Å². The number of amides is 1. The summed E-state index contributed by atoms with van der Waals surface area (Å²) < 4.78 is 0. The number of nitro groups is 1. The maximum atomic E-state index is 12.1. The van der Waals surface area contributed by atoms with Crippen LogP contribution in [-0.2, 0) is 0 Å². The van der Waals surface area contributed by atoms with Crippen molar-refractivity contribution in [3.63, 3.8) is 0 Å². The largest absolute Gasteiger partial charge is 0.351 e. The number of carbonyl (C=O) groups is 1. The molecular weight excluding hydrogens is 280 g/mol. The summed E-state index contributed by atoms with van der Waals surface area (Å²) in [6.45, 7) is 6.18. The Morgan fingerprint density at radius 3 is 2.65 bits per heavy atom. The predicted octanol–water partition coefficient (Wildman–Crippen LogP) is 3.29. The lowest BCUT2D eigenvalue weighted by Crippen LogP contribution is -2.34. The van der Waals surface area contributed by atoms with Gasteiger partial charge >= 0.3 is 0 Å². The Kier molecular flexibility index (Phi) is 5.51. The molecule has 5 nitrogen and oxygen atoms in total. The second-order valence-corrected chi connectivity index (χ2v) is 5.94. The first-order chi connectivity index (χ1) is 9.26. The molecule has 1 aromatic carbocycles. The van der Waals surface area contributed by atoms with E-state index in [0.29, 0.717) is 12.4 Å². The quantitative estimate of drug-likeness (QED) is 0.497. The van der Waals surface area contributed by atoms with E-state index in [1.54, 1.807) is 13.0 Å². The van der Waals surface area contributed by atoms with Crippen molar-refractivity contribution >= 4 is 23.2 Å². The number of hydrogen-bond donors (Lipinski definition) is 1. The van der Waals surface area contributed by atoms with E-state index in [2.05, 4.69) is 5.32 Å². The van der Waals surface area contributed by atoms with Crippen LogP contribution in [0.3, 0.4) is 0 Å². The van der Waals surface area contributed by atoms with E-state index in [-0.39, 0.29) is 16.7 Å². The van der Waals surface area contributed by atoms with Crippen LogP contribution in [0.5, 0.6) is 0 Å². The molecule has 1 N–H and O–H groups in total. The zero-order chi connectivity index (χ0) is 15.3. The average molecular weight is 299 g/mol. The van der Waals surface area contributed by atoms with Gasteiger partial charge in [0.1, 0.15) is 5.56 Å². The molecule has 0 heterocycles. The Balaban J connectivity index is 2.87. The highest BCUT2D eigenvalue weighted by molar-refractivity contribution is 6.17. The minimum atomic E-state index is -0.543. The van der Waals surface area contributed by atoms with Gasteiger partial charge in [-0.3, -0.25) is 14.9 Å². The number of aryl methyl sites for hydroxylation is 1. The number of alkyl halides is 1. The van der Waals surface area contributed by atoms with Crippen molar-refractivity contribution < 1.29 is 9.72 Å². The van der Waals surface area contributed by atoms with E-state index in [9.17, 15) is 14.9 Å². The Labute approximate surface area is 123 Å². The van der Waals surface area contributed by atoms with Gasteiger partial charge in [0.15, 0.2) is 0 Å². The SMILES string of the molecule is Cc1ccc([N+](=O)[O-])c(C(=O)NCC(C)(C)CCCl)c1. The minimum Gasteiger partial charge on any atom is -0.351 e. The molecule has 110 valence electrons. The van der Waals surface area contributed by atoms with Crippen molar-refractivity contribution in [1.82, 2.24) is 5.32 Å². The second-order valence-electron chi connectivity index (χ2n) is 5.56. The Hall–Kier alpha value is -1.62. The van der Waals surface area contributed by atoms with Crippen molar-refractivity contribution in [2.24, 2.45) is 5.41 Å². The van der Waals surface area contributed by atoms with E-state index in [0.717, 1.165) is 12.0 Å². The molecule has 0 aromatic heterocycles. The predicted molar refractivity (Wildman–Crippen MR) is 79.3 cm³/mol. The van der Waals surface area contributed by atoms with Gasteiger partial charge < -0.3 is 5.32 Å². The number of benzene rings is 1. The monoisotopic (exact) mass is 298 g/mol. The van der Waals surface area contributed by atoms with Crippen LogP contribution in [-0.4, -0.2) is 23.3 Å². The van der Waals surface area contributed by atoms with Crippen LogP contribution < -0.4 is 5.32 Å². The summed E-state index contributed by atoms with van der Waals surface area (Å²) in [5.74, 6) is 0.0797. The van der Waals surface area contributed by atoms with Crippen molar-refractivity contribution in [3.8, 4) is 0 Å². The third-order valence-electron chi connectivity index (χ3n) is 3.09. The first-order valence-corrected chi connectivity index (χ1v) is 6.89. The highest BCUT2D eigenvalue weighted by Crippen LogP contribution is 2.22. The minimum absolute atomic E-state index is 0.0941. The Bertz CT molecular complexity index is 515. The summed E-state index contributed by atoms with van der Waals surface area (Å²) in [5.41, 5.74) is 0.580. The fourth-order valence-corrected chi connectivity index (χ4v) is 2.26. The third-order valence-corrected chi connectivity index (χ3v) is 3.28. The zero-order valence-electron chi connectivity index (χ0n) is 11.9. The highest BCUT2D eigenvalue weighted by atomic mass is 35.5. The van der Waals surface area contributed by atoms with Gasteiger partial charge in [-0.25, -0.2) is 0 Å². The summed E-state index contributed by atoms with van der Waals surface area (Å²) in [7, 11) is 0. The van der Waals surface area contributed by atoms with E-state index >= 15 is 0 Å². The number of rotatable bonds is 6. The number of hydrogen-bond acceptors (Lipinski definition) is 3. The van der Waals surface area contributed by atoms with Gasteiger partial charge in [-0.2, -0.15) is 0 Å². The fourth-order valence-electron chi connectivity index (χ4n) is 1.75. The molecule has 1 aromatic rings. The number of nitrogens with one attached hydrogen (secondary N) is 1. The van der Waals surface area contributed by atoms with Gasteiger partial charge in [-0.05, 0) is 30.4 Å². The molecule has 0 saturated heterocycles. The maximum Gasteiger partial charge on any atom is 0.282 e. The molecule has 0 aliphatic carbocycles. The standard InChI is InChI=1S/C14H19ClN2O3/c1-10-4-5-12(17(19)20)11(8-10)13(18)16-9-14(2,3)6-7-15/h4-5,8H,6-7,9H2,1-3H3,(H,16,18). The van der Waals surface area contributed by atoms with Gasteiger partial charge in [-0.15, -0.1) is 11.6 Å². The molecule has 0 aliphatic rings.